The first-order chi connectivity index (χ1) is 4.27. The van der Waals surface area contributed by atoms with Crippen molar-refractivity contribution in [1.82, 2.24) is 0 Å². The van der Waals surface area contributed by atoms with Gasteiger partial charge in [-0.3, -0.25) is 0 Å². The number of aliphatic hydroxyl groups is 1. The minimum Gasteiger partial charge on any atom is -0.627 e. The van der Waals surface area contributed by atoms with Gasteiger partial charge >= 0.3 is 0 Å². The molecule has 0 fully saturated rings. The molecular formula is C6H9O3-. The zero-order valence-corrected chi connectivity index (χ0v) is 5.20. The van der Waals surface area contributed by atoms with Crippen LogP contribution in [0.4, 0.5) is 0 Å². The van der Waals surface area contributed by atoms with Crippen molar-refractivity contribution < 1.29 is 14.9 Å². The Kier molecular flexibility index (Phi) is 4.40. The van der Waals surface area contributed by atoms with Gasteiger partial charge in [0.2, 0.25) is 0 Å². The van der Waals surface area contributed by atoms with Crippen molar-refractivity contribution in [2.45, 2.75) is 6.92 Å². The lowest BCUT2D eigenvalue weighted by molar-refractivity contribution is -0.351. The third kappa shape index (κ3) is 6.88. The predicted molar refractivity (Wildman–Crippen MR) is 31.5 cm³/mol. The number of hydrogen-bond acceptors (Lipinski definition) is 3. The van der Waals surface area contributed by atoms with Crippen LogP contribution in [0.2, 0.25) is 0 Å². The zero-order valence-electron chi connectivity index (χ0n) is 5.20. The molecule has 0 saturated heterocycles. The molecule has 0 aliphatic rings. The monoisotopic (exact) mass is 129 g/mol. The average Bonchev–Trinajstić information content (AvgIpc) is 1.80. The SMILES string of the molecule is C/C=C/CO/C=C(\[O-])O. The highest BCUT2D eigenvalue weighted by atomic mass is 16.5. The van der Waals surface area contributed by atoms with Crippen LogP contribution in [0, 0.1) is 0 Å². The van der Waals surface area contributed by atoms with Crippen LogP contribution in [0.3, 0.4) is 0 Å². The van der Waals surface area contributed by atoms with Gasteiger partial charge in [-0.25, -0.2) is 0 Å². The lowest BCUT2D eigenvalue weighted by Crippen LogP contribution is -2.01. The first-order valence-electron chi connectivity index (χ1n) is 2.56. The minimum atomic E-state index is -1.06. The van der Waals surface area contributed by atoms with E-state index in [4.69, 9.17) is 5.11 Å². The average molecular weight is 129 g/mol. The molecule has 3 heteroatoms. The van der Waals surface area contributed by atoms with Crippen molar-refractivity contribution in [3.8, 4) is 0 Å². The summed E-state index contributed by atoms with van der Waals surface area (Å²) in [5.41, 5.74) is 0. The smallest absolute Gasteiger partial charge is 0.106 e. The second kappa shape index (κ2) is 5.03. The highest BCUT2D eigenvalue weighted by Crippen LogP contribution is 1.80. The van der Waals surface area contributed by atoms with E-state index in [1.165, 1.54) is 0 Å². The predicted octanol–water partition coefficient (Wildman–Crippen LogP) is 0.296. The lowest BCUT2D eigenvalue weighted by Gasteiger charge is -1.97. The minimum absolute atomic E-state index is 0.322. The van der Waals surface area contributed by atoms with Crippen molar-refractivity contribution in [1.29, 1.82) is 0 Å². The van der Waals surface area contributed by atoms with Gasteiger partial charge in [0.25, 0.3) is 0 Å². The number of aliphatic hydroxyl groups excluding tert-OH is 1. The number of ether oxygens (including phenoxy) is 1. The summed E-state index contributed by atoms with van der Waals surface area (Å²) in [6.07, 6.45) is 4.27. The summed E-state index contributed by atoms with van der Waals surface area (Å²) in [7, 11) is 0. The van der Waals surface area contributed by atoms with E-state index in [0.29, 0.717) is 6.61 Å². The summed E-state index contributed by atoms with van der Waals surface area (Å²) < 4.78 is 4.52. The van der Waals surface area contributed by atoms with E-state index < -0.39 is 5.95 Å². The quantitative estimate of drug-likeness (QED) is 0.338. The van der Waals surface area contributed by atoms with Gasteiger partial charge in [-0.15, -0.1) is 0 Å². The van der Waals surface area contributed by atoms with Gasteiger partial charge < -0.3 is 14.9 Å². The second-order valence-electron chi connectivity index (χ2n) is 1.36. The zero-order chi connectivity index (χ0) is 7.11. The maximum atomic E-state index is 9.76. The molecule has 0 heterocycles. The van der Waals surface area contributed by atoms with E-state index in [1.807, 2.05) is 6.92 Å². The molecule has 9 heavy (non-hydrogen) atoms. The molecule has 3 nitrogen and oxygen atoms in total. The van der Waals surface area contributed by atoms with Gasteiger partial charge in [0.1, 0.15) is 12.9 Å². The van der Waals surface area contributed by atoms with Gasteiger partial charge in [-0.05, 0) is 6.92 Å². The Bertz CT molecular complexity index is 111. The van der Waals surface area contributed by atoms with E-state index in [2.05, 4.69) is 4.74 Å². The molecule has 0 amide bonds. The fourth-order valence-electron chi connectivity index (χ4n) is 0.271. The van der Waals surface area contributed by atoms with Crippen LogP contribution < -0.4 is 5.11 Å². The van der Waals surface area contributed by atoms with Gasteiger partial charge in [-0.1, -0.05) is 12.2 Å². The van der Waals surface area contributed by atoms with Crippen molar-refractivity contribution in [3.63, 3.8) is 0 Å². The maximum Gasteiger partial charge on any atom is 0.106 e. The number of rotatable bonds is 3. The molecular weight excluding hydrogens is 120 g/mol. The third-order valence-corrected chi connectivity index (χ3v) is 0.612. The summed E-state index contributed by atoms with van der Waals surface area (Å²) in [6, 6.07) is 0. The molecule has 0 aliphatic heterocycles. The van der Waals surface area contributed by atoms with E-state index in [1.54, 1.807) is 12.2 Å². The normalized spacial score (nSPS) is 12.3. The first kappa shape index (κ1) is 7.88. The van der Waals surface area contributed by atoms with E-state index in [-0.39, 0.29) is 0 Å². The molecule has 0 aromatic heterocycles. The van der Waals surface area contributed by atoms with Crippen molar-refractivity contribution in [2.24, 2.45) is 0 Å². The summed E-state index contributed by atoms with van der Waals surface area (Å²) in [5, 5.41) is 17.8. The number of hydrogen-bond donors (Lipinski definition) is 1. The van der Waals surface area contributed by atoms with Crippen LogP contribution in [0.1, 0.15) is 6.92 Å². The molecule has 0 spiro atoms. The van der Waals surface area contributed by atoms with Crippen LogP contribution in [0.25, 0.3) is 0 Å². The third-order valence-electron chi connectivity index (χ3n) is 0.612. The van der Waals surface area contributed by atoms with Crippen LogP contribution in [-0.2, 0) is 4.74 Å². The van der Waals surface area contributed by atoms with Crippen LogP contribution in [0.5, 0.6) is 0 Å². The molecule has 0 saturated carbocycles. The van der Waals surface area contributed by atoms with E-state index >= 15 is 0 Å². The molecule has 0 aromatic rings. The van der Waals surface area contributed by atoms with Crippen LogP contribution in [-0.4, -0.2) is 11.7 Å². The highest BCUT2D eigenvalue weighted by Gasteiger charge is 1.72. The van der Waals surface area contributed by atoms with E-state index in [9.17, 15) is 5.11 Å². The van der Waals surface area contributed by atoms with Crippen LogP contribution >= 0.6 is 0 Å². The highest BCUT2D eigenvalue weighted by molar-refractivity contribution is 4.78. The summed E-state index contributed by atoms with van der Waals surface area (Å²) in [6.45, 7) is 2.16. The summed E-state index contributed by atoms with van der Waals surface area (Å²) >= 11 is 0. The first-order valence-corrected chi connectivity index (χ1v) is 2.56. The Labute approximate surface area is 53.9 Å². The Morgan fingerprint density at radius 2 is 2.44 bits per heavy atom. The lowest BCUT2D eigenvalue weighted by atomic mass is 10.6. The van der Waals surface area contributed by atoms with Gasteiger partial charge in [0.05, 0.1) is 5.95 Å². The molecule has 0 aliphatic carbocycles. The Hall–Kier alpha value is -1.12. The largest absolute Gasteiger partial charge is 0.627 e. The number of allylic oxidation sites excluding steroid dienone is 1. The van der Waals surface area contributed by atoms with E-state index in [0.717, 1.165) is 6.26 Å². The van der Waals surface area contributed by atoms with Gasteiger partial charge in [0.15, 0.2) is 0 Å². The summed E-state index contributed by atoms with van der Waals surface area (Å²) in [4.78, 5) is 0. The Balaban J connectivity index is 3.20. The second-order valence-corrected chi connectivity index (χ2v) is 1.36. The fourth-order valence-corrected chi connectivity index (χ4v) is 0.271. The molecule has 0 atom stereocenters. The standard InChI is InChI=1S/C6H10O3/c1-2-3-4-9-5-6(7)8/h2-3,5,7-8H,4H2,1H3/p-1/b3-2+. The van der Waals surface area contributed by atoms with Gasteiger partial charge in [-0.2, -0.15) is 0 Å². The van der Waals surface area contributed by atoms with Gasteiger partial charge in [0, 0.05) is 0 Å². The topological polar surface area (TPSA) is 52.5 Å². The fraction of sp³-hybridized carbons (Fsp3) is 0.333. The Morgan fingerprint density at radius 1 is 1.78 bits per heavy atom. The maximum absolute atomic E-state index is 9.76. The summed E-state index contributed by atoms with van der Waals surface area (Å²) in [5.74, 6) is -1.06. The molecule has 0 rings (SSSR count). The molecule has 0 aromatic carbocycles. The molecule has 0 bridgehead atoms. The Morgan fingerprint density at radius 3 is 2.89 bits per heavy atom. The van der Waals surface area contributed by atoms with Crippen molar-refractivity contribution in [2.75, 3.05) is 6.61 Å². The van der Waals surface area contributed by atoms with Crippen molar-refractivity contribution >= 4 is 0 Å². The molecule has 0 unspecified atom stereocenters. The molecule has 1 N–H and O–H groups in total. The molecule has 52 valence electrons. The van der Waals surface area contributed by atoms with Crippen LogP contribution in [0.15, 0.2) is 24.4 Å². The molecule has 0 radical (unpaired) electrons. The van der Waals surface area contributed by atoms with Crippen molar-refractivity contribution in [3.05, 3.63) is 24.4 Å².